The van der Waals surface area contributed by atoms with E-state index in [1.165, 1.54) is 11.3 Å². The minimum absolute atomic E-state index is 0.0278. The van der Waals surface area contributed by atoms with Gasteiger partial charge in [-0.2, -0.15) is 0 Å². The van der Waals surface area contributed by atoms with Crippen LogP contribution >= 0.6 is 0 Å². The lowest BCUT2D eigenvalue weighted by atomic mass is 10.1. The summed E-state index contributed by atoms with van der Waals surface area (Å²) < 4.78 is 0. The van der Waals surface area contributed by atoms with Gasteiger partial charge in [0.1, 0.15) is 0 Å². The van der Waals surface area contributed by atoms with Crippen LogP contribution in [0.25, 0.3) is 0 Å². The Morgan fingerprint density at radius 2 is 1.54 bits per heavy atom. The van der Waals surface area contributed by atoms with E-state index >= 15 is 0 Å². The number of nitrogens with one attached hydrogen (secondary N) is 1. The van der Waals surface area contributed by atoms with Crippen molar-refractivity contribution in [2.45, 2.75) is 32.9 Å². The minimum Gasteiger partial charge on any atom is -0.369 e. The first-order valence-corrected chi connectivity index (χ1v) is 9.45. The van der Waals surface area contributed by atoms with Crippen LogP contribution < -0.4 is 10.2 Å². The Hall–Kier alpha value is -2.33. The van der Waals surface area contributed by atoms with Gasteiger partial charge in [0.2, 0.25) is 5.91 Å². The molecule has 0 aromatic heterocycles. The Morgan fingerprint density at radius 3 is 2.15 bits per heavy atom. The van der Waals surface area contributed by atoms with Crippen LogP contribution in [-0.4, -0.2) is 43.0 Å². The van der Waals surface area contributed by atoms with Gasteiger partial charge in [0.15, 0.2) is 0 Å². The number of hydrogen-bond donors (Lipinski definition) is 1. The predicted octanol–water partition coefficient (Wildman–Crippen LogP) is 3.38. The van der Waals surface area contributed by atoms with Crippen molar-refractivity contribution < 1.29 is 4.79 Å². The van der Waals surface area contributed by atoms with Crippen molar-refractivity contribution in [3.8, 4) is 0 Å². The van der Waals surface area contributed by atoms with Gasteiger partial charge in [-0.3, -0.25) is 9.69 Å². The lowest BCUT2D eigenvalue weighted by Gasteiger charge is -2.38. The summed E-state index contributed by atoms with van der Waals surface area (Å²) in [6, 6.07) is 18.7. The average molecular weight is 351 g/mol. The molecule has 4 heteroatoms. The van der Waals surface area contributed by atoms with E-state index in [0.29, 0.717) is 0 Å². The van der Waals surface area contributed by atoms with Crippen LogP contribution in [0.4, 0.5) is 5.69 Å². The van der Waals surface area contributed by atoms with Crippen LogP contribution in [0.5, 0.6) is 0 Å². The summed E-state index contributed by atoms with van der Waals surface area (Å²) in [6.07, 6.45) is 0. The molecular formula is C22H29N3O. The molecule has 138 valence electrons. The van der Waals surface area contributed by atoms with Crippen LogP contribution in [-0.2, 0) is 4.79 Å². The molecule has 0 unspecified atom stereocenters. The highest BCUT2D eigenvalue weighted by molar-refractivity contribution is 5.81. The summed E-state index contributed by atoms with van der Waals surface area (Å²) >= 11 is 0. The predicted molar refractivity (Wildman–Crippen MR) is 107 cm³/mol. The van der Waals surface area contributed by atoms with Gasteiger partial charge in [0.05, 0.1) is 12.1 Å². The zero-order valence-corrected chi connectivity index (χ0v) is 16.0. The molecule has 0 saturated carbocycles. The van der Waals surface area contributed by atoms with E-state index in [0.717, 1.165) is 31.7 Å². The number of piperazine rings is 1. The Balaban J connectivity index is 1.52. The highest BCUT2D eigenvalue weighted by Gasteiger charge is 2.26. The van der Waals surface area contributed by atoms with Gasteiger partial charge in [-0.15, -0.1) is 0 Å². The molecule has 26 heavy (non-hydrogen) atoms. The number of carbonyl (C=O) groups is 1. The van der Waals surface area contributed by atoms with Crippen molar-refractivity contribution in [2.75, 3.05) is 31.1 Å². The zero-order chi connectivity index (χ0) is 18.5. The second kappa shape index (κ2) is 8.37. The van der Waals surface area contributed by atoms with Crippen molar-refractivity contribution in [1.29, 1.82) is 0 Å². The van der Waals surface area contributed by atoms with Crippen LogP contribution in [0.3, 0.4) is 0 Å². The van der Waals surface area contributed by atoms with Gasteiger partial charge in [-0.05, 0) is 38.5 Å². The van der Waals surface area contributed by atoms with Crippen molar-refractivity contribution in [3.63, 3.8) is 0 Å². The van der Waals surface area contributed by atoms with E-state index in [4.69, 9.17) is 0 Å². The van der Waals surface area contributed by atoms with Gasteiger partial charge in [0.25, 0.3) is 0 Å². The van der Waals surface area contributed by atoms with Gasteiger partial charge < -0.3 is 10.2 Å². The normalized spacial score (nSPS) is 17.6. The third-order valence-corrected chi connectivity index (χ3v) is 5.30. The van der Waals surface area contributed by atoms with E-state index in [9.17, 15) is 4.79 Å². The van der Waals surface area contributed by atoms with Crippen molar-refractivity contribution >= 4 is 11.6 Å². The second-order valence-corrected chi connectivity index (χ2v) is 7.18. The van der Waals surface area contributed by atoms with E-state index in [-0.39, 0.29) is 18.0 Å². The lowest BCUT2D eigenvalue weighted by Crippen LogP contribution is -2.54. The number of nitrogens with zero attached hydrogens (tertiary/aromatic N) is 2. The number of amides is 1. The standard InChI is InChI=1S/C22H29N3O/c1-17-9-11-21(12-10-17)25-15-13-24(14-16-25)19(3)22(26)23-18(2)20-7-5-4-6-8-20/h4-12,18-19H,13-16H2,1-3H3,(H,23,26)/t18-,19-/m1/s1. The lowest BCUT2D eigenvalue weighted by molar-refractivity contribution is -0.126. The number of anilines is 1. The topological polar surface area (TPSA) is 35.6 Å². The van der Waals surface area contributed by atoms with Crippen LogP contribution in [0.2, 0.25) is 0 Å². The molecule has 1 amide bonds. The molecule has 0 bridgehead atoms. The number of rotatable bonds is 5. The molecule has 0 spiro atoms. The van der Waals surface area contributed by atoms with E-state index in [1.807, 2.05) is 32.0 Å². The smallest absolute Gasteiger partial charge is 0.237 e. The molecule has 1 N–H and O–H groups in total. The number of aryl methyl sites for hydroxylation is 1. The quantitative estimate of drug-likeness (QED) is 0.897. The van der Waals surface area contributed by atoms with E-state index in [1.54, 1.807) is 0 Å². The molecule has 2 aromatic rings. The molecule has 1 aliphatic heterocycles. The summed E-state index contributed by atoms with van der Waals surface area (Å²) in [5.74, 6) is 0.102. The zero-order valence-electron chi connectivity index (χ0n) is 16.0. The maximum absolute atomic E-state index is 12.6. The average Bonchev–Trinajstić information content (AvgIpc) is 2.69. The number of hydrogen-bond acceptors (Lipinski definition) is 3. The molecule has 0 radical (unpaired) electrons. The minimum atomic E-state index is -0.110. The molecule has 1 heterocycles. The fourth-order valence-electron chi connectivity index (χ4n) is 3.45. The molecule has 1 saturated heterocycles. The first kappa shape index (κ1) is 18.5. The third-order valence-electron chi connectivity index (χ3n) is 5.30. The first-order chi connectivity index (χ1) is 12.5. The molecule has 0 aliphatic carbocycles. The fourth-order valence-corrected chi connectivity index (χ4v) is 3.45. The van der Waals surface area contributed by atoms with Crippen LogP contribution in [0.1, 0.15) is 31.0 Å². The molecular weight excluding hydrogens is 322 g/mol. The Labute approximate surface area is 156 Å². The number of benzene rings is 2. The van der Waals surface area contributed by atoms with Crippen LogP contribution in [0, 0.1) is 6.92 Å². The van der Waals surface area contributed by atoms with Crippen LogP contribution in [0.15, 0.2) is 54.6 Å². The monoisotopic (exact) mass is 351 g/mol. The SMILES string of the molecule is Cc1ccc(N2CCN([C@H](C)C(=O)N[C@H](C)c3ccccc3)CC2)cc1. The van der Waals surface area contributed by atoms with Crippen molar-refractivity contribution in [1.82, 2.24) is 10.2 Å². The molecule has 2 aromatic carbocycles. The second-order valence-electron chi connectivity index (χ2n) is 7.18. The summed E-state index contributed by atoms with van der Waals surface area (Å²) in [5.41, 5.74) is 3.69. The highest BCUT2D eigenvalue weighted by atomic mass is 16.2. The maximum Gasteiger partial charge on any atom is 0.237 e. The number of carbonyl (C=O) groups excluding carboxylic acids is 1. The molecule has 3 rings (SSSR count). The van der Waals surface area contributed by atoms with E-state index < -0.39 is 0 Å². The van der Waals surface area contributed by atoms with Gasteiger partial charge in [0, 0.05) is 31.9 Å². The third kappa shape index (κ3) is 4.44. The van der Waals surface area contributed by atoms with Gasteiger partial charge >= 0.3 is 0 Å². The first-order valence-electron chi connectivity index (χ1n) is 9.45. The summed E-state index contributed by atoms with van der Waals surface area (Å²) in [4.78, 5) is 17.3. The largest absolute Gasteiger partial charge is 0.369 e. The Bertz CT molecular complexity index is 706. The molecule has 4 nitrogen and oxygen atoms in total. The molecule has 1 fully saturated rings. The summed E-state index contributed by atoms with van der Waals surface area (Å²) in [5, 5.41) is 3.15. The van der Waals surface area contributed by atoms with Crippen molar-refractivity contribution in [3.05, 3.63) is 65.7 Å². The molecule has 2 atom stereocenters. The summed E-state index contributed by atoms with van der Waals surface area (Å²) in [7, 11) is 0. The Morgan fingerprint density at radius 1 is 0.923 bits per heavy atom. The molecule has 1 aliphatic rings. The van der Waals surface area contributed by atoms with Gasteiger partial charge in [-0.25, -0.2) is 0 Å². The maximum atomic E-state index is 12.6. The highest BCUT2D eigenvalue weighted by Crippen LogP contribution is 2.18. The van der Waals surface area contributed by atoms with Gasteiger partial charge in [-0.1, -0.05) is 48.0 Å². The van der Waals surface area contributed by atoms with Crippen molar-refractivity contribution in [2.24, 2.45) is 0 Å². The Kier molecular flexibility index (Phi) is 5.94. The summed E-state index contributed by atoms with van der Waals surface area (Å²) in [6.45, 7) is 9.87. The van der Waals surface area contributed by atoms with E-state index in [2.05, 4.69) is 58.4 Å². The fraction of sp³-hybridized carbons (Fsp3) is 0.409.